The van der Waals surface area contributed by atoms with Gasteiger partial charge >= 0.3 is 6.09 Å². The van der Waals surface area contributed by atoms with Crippen LogP contribution < -0.4 is 5.73 Å². The highest BCUT2D eigenvalue weighted by Crippen LogP contribution is 2.50. The number of rotatable bonds is 9. The fourth-order valence-corrected chi connectivity index (χ4v) is 4.03. The lowest BCUT2D eigenvalue weighted by molar-refractivity contribution is -0.147. The van der Waals surface area contributed by atoms with Crippen LogP contribution in [0.3, 0.4) is 0 Å². The predicted octanol–water partition coefficient (Wildman–Crippen LogP) is 1.47. The van der Waals surface area contributed by atoms with E-state index in [0.29, 0.717) is 17.4 Å². The second-order valence-corrected chi connectivity index (χ2v) is 8.35. The molecule has 1 amide bonds. The quantitative estimate of drug-likeness (QED) is 0.252. The summed E-state index contributed by atoms with van der Waals surface area (Å²) in [5.41, 5.74) is 5.55. The summed E-state index contributed by atoms with van der Waals surface area (Å²) in [4.78, 5) is 23.3. The Hall–Kier alpha value is -0.660. The van der Waals surface area contributed by atoms with Gasteiger partial charge in [0.2, 0.25) is 7.37 Å². The highest BCUT2D eigenvalue weighted by atomic mass is 31.2. The summed E-state index contributed by atoms with van der Waals surface area (Å²) < 4.78 is 17.0. The molecule has 0 aromatic heterocycles. The van der Waals surface area contributed by atoms with Crippen molar-refractivity contribution in [1.29, 1.82) is 0 Å². The Kier molecular flexibility index (Phi) is 7.28. The fourth-order valence-electron chi connectivity index (χ4n) is 2.51. The van der Waals surface area contributed by atoms with Crippen LogP contribution >= 0.6 is 7.37 Å². The van der Waals surface area contributed by atoms with Crippen LogP contribution in [0.2, 0.25) is 0 Å². The lowest BCUT2D eigenvalue weighted by Gasteiger charge is -2.38. The van der Waals surface area contributed by atoms with Crippen molar-refractivity contribution in [2.24, 2.45) is 11.7 Å². The largest absolute Gasteiger partial charge is 0.448 e. The van der Waals surface area contributed by atoms with Gasteiger partial charge in [0, 0.05) is 6.66 Å². The van der Waals surface area contributed by atoms with E-state index < -0.39 is 25.4 Å². The monoisotopic (exact) mass is 337 g/mol. The highest BCUT2D eigenvalue weighted by Gasteiger charge is 2.40. The van der Waals surface area contributed by atoms with Crippen molar-refractivity contribution in [2.75, 3.05) is 26.9 Å². The van der Waals surface area contributed by atoms with Gasteiger partial charge in [-0.1, -0.05) is 12.8 Å². The molecule has 0 saturated heterocycles. The van der Waals surface area contributed by atoms with Crippen LogP contribution in [0.1, 0.15) is 32.6 Å². The van der Waals surface area contributed by atoms with Gasteiger partial charge in [0.15, 0.2) is 0 Å². The van der Waals surface area contributed by atoms with E-state index in [-0.39, 0.29) is 19.6 Å². The number of carbonyl (C=O) groups excluding carboxylic acids is 1. The molecule has 1 saturated carbocycles. The summed E-state index contributed by atoms with van der Waals surface area (Å²) >= 11 is 0. The Morgan fingerprint density at radius 1 is 1.50 bits per heavy atom. The summed E-state index contributed by atoms with van der Waals surface area (Å²) in [6.07, 6.45) is 1.25. The number of nitrogens with two attached hydrogens (primary N) is 1. The molecule has 3 atom stereocenters. The fraction of sp³-hybridized carbons (Fsp3) is 0.923. The van der Waals surface area contributed by atoms with Crippen molar-refractivity contribution in [2.45, 2.75) is 44.6 Å². The van der Waals surface area contributed by atoms with Gasteiger partial charge in [-0.3, -0.25) is 14.7 Å². The minimum atomic E-state index is -3.41. The van der Waals surface area contributed by atoms with Gasteiger partial charge in [-0.25, -0.2) is 4.79 Å². The van der Waals surface area contributed by atoms with E-state index in [1.165, 1.54) is 6.66 Å². The average Bonchev–Trinajstić information content (AvgIpc) is 3.23. The molecular weight excluding hydrogens is 309 g/mol. The van der Waals surface area contributed by atoms with Crippen molar-refractivity contribution in [3.05, 3.63) is 0 Å². The van der Waals surface area contributed by atoms with Crippen molar-refractivity contribution in [3.63, 3.8) is 0 Å². The normalized spacial score (nSPS) is 20.3. The number of hydroxylamine groups is 2. The zero-order chi connectivity index (χ0) is 16.9. The summed E-state index contributed by atoms with van der Waals surface area (Å²) in [5, 5.41) is 10.5. The molecule has 22 heavy (non-hydrogen) atoms. The van der Waals surface area contributed by atoms with Gasteiger partial charge < -0.3 is 15.4 Å². The van der Waals surface area contributed by atoms with Crippen LogP contribution in [0.5, 0.6) is 0 Å². The van der Waals surface area contributed by atoms with Crippen LogP contribution in [0.25, 0.3) is 0 Å². The van der Waals surface area contributed by atoms with E-state index in [4.69, 9.17) is 10.5 Å². The Labute approximate surface area is 131 Å². The van der Waals surface area contributed by atoms with E-state index in [9.17, 15) is 19.5 Å². The summed E-state index contributed by atoms with van der Waals surface area (Å²) in [6.45, 7) is 3.30. The topological polar surface area (TPSA) is 116 Å². The molecule has 1 aliphatic rings. The molecule has 0 radical (unpaired) electrons. The third kappa shape index (κ3) is 5.52. The maximum absolute atomic E-state index is 12.2. The first-order valence-electron chi connectivity index (χ1n) is 7.59. The van der Waals surface area contributed by atoms with Gasteiger partial charge in [0.05, 0.1) is 12.4 Å². The van der Waals surface area contributed by atoms with Gasteiger partial charge in [0.1, 0.15) is 6.17 Å². The van der Waals surface area contributed by atoms with Crippen molar-refractivity contribution in [3.8, 4) is 0 Å². The zero-order valence-electron chi connectivity index (χ0n) is 13.5. The third-order valence-corrected chi connectivity index (χ3v) is 5.58. The van der Waals surface area contributed by atoms with Crippen LogP contribution in [0, 0.1) is 5.92 Å². The predicted molar refractivity (Wildman–Crippen MR) is 82.7 cm³/mol. The number of nitrogens with zero attached hydrogens (tertiary/aromatic N) is 2. The zero-order valence-corrected chi connectivity index (χ0v) is 14.4. The maximum Gasteiger partial charge on any atom is 0.435 e. The number of hydrogen-bond acceptors (Lipinski definition) is 6. The first-order chi connectivity index (χ1) is 10.2. The van der Waals surface area contributed by atoms with E-state index in [0.717, 1.165) is 12.8 Å². The number of ether oxygens (including phenoxy) is 1. The van der Waals surface area contributed by atoms with E-state index in [1.807, 2.05) is 0 Å². The second kappa shape index (κ2) is 8.26. The molecule has 0 aromatic rings. The third-order valence-electron chi connectivity index (χ3n) is 3.90. The van der Waals surface area contributed by atoms with Crippen LogP contribution in [-0.4, -0.2) is 65.0 Å². The summed E-state index contributed by atoms with van der Waals surface area (Å²) in [7, 11) is -1.79. The first kappa shape index (κ1) is 19.4. The van der Waals surface area contributed by atoms with Crippen molar-refractivity contribution >= 4 is 13.5 Å². The smallest absolute Gasteiger partial charge is 0.435 e. The molecule has 0 heterocycles. The van der Waals surface area contributed by atoms with E-state index >= 15 is 0 Å². The molecule has 1 aliphatic carbocycles. The molecule has 4 N–H and O–H groups in total. The minimum Gasteiger partial charge on any atom is -0.448 e. The molecule has 1 rings (SSSR count). The van der Waals surface area contributed by atoms with Crippen molar-refractivity contribution < 1.29 is 24.2 Å². The van der Waals surface area contributed by atoms with Crippen LogP contribution in [-0.2, 0) is 9.30 Å². The Balaban J connectivity index is 2.89. The molecule has 3 unspecified atom stereocenters. The van der Waals surface area contributed by atoms with Gasteiger partial charge in [-0.2, -0.15) is 5.06 Å². The number of hydrogen-bond donors (Lipinski definition) is 3. The Bertz CT molecular complexity index is 412. The standard InChI is InChI=1S/C13H28N3O5P/c1-4-21-13(17)16(18)11(7-8-14)15(2)12(22(3,19)20)9-10-5-6-10/h10-12,18H,4-9,14H2,1-3H3,(H,19,20). The van der Waals surface area contributed by atoms with E-state index in [2.05, 4.69) is 0 Å². The summed E-state index contributed by atoms with van der Waals surface area (Å²) in [6, 6.07) is 0. The SMILES string of the molecule is CCOC(=O)N(O)C(CCN)N(C)C(CC1CC1)P(C)(=O)O. The molecular formula is C13H28N3O5P. The second-order valence-electron chi connectivity index (χ2n) is 5.87. The molecule has 130 valence electrons. The molecule has 0 spiro atoms. The van der Waals surface area contributed by atoms with Gasteiger partial charge in [0.25, 0.3) is 0 Å². The van der Waals surface area contributed by atoms with Crippen LogP contribution in [0.15, 0.2) is 0 Å². The number of carbonyl (C=O) groups is 1. The van der Waals surface area contributed by atoms with Gasteiger partial charge in [-0.05, 0) is 39.3 Å². The minimum absolute atomic E-state index is 0.132. The Morgan fingerprint density at radius 2 is 2.09 bits per heavy atom. The Morgan fingerprint density at radius 3 is 2.50 bits per heavy atom. The molecule has 0 bridgehead atoms. The van der Waals surface area contributed by atoms with Gasteiger partial charge in [-0.15, -0.1) is 0 Å². The first-order valence-corrected chi connectivity index (χ1v) is 9.76. The molecule has 1 fully saturated rings. The molecule has 8 nitrogen and oxygen atoms in total. The lowest BCUT2D eigenvalue weighted by atomic mass is 10.2. The summed E-state index contributed by atoms with van der Waals surface area (Å²) in [5.74, 6) is -0.193. The average molecular weight is 337 g/mol. The molecule has 9 heteroatoms. The van der Waals surface area contributed by atoms with Crippen LogP contribution in [0.4, 0.5) is 4.79 Å². The maximum atomic E-state index is 12.2. The van der Waals surface area contributed by atoms with Crippen molar-refractivity contribution in [1.82, 2.24) is 9.96 Å². The molecule has 0 aromatic carbocycles. The molecule has 0 aliphatic heterocycles. The lowest BCUT2D eigenvalue weighted by Crippen LogP contribution is -2.52. The van der Waals surface area contributed by atoms with E-state index in [1.54, 1.807) is 18.9 Å². The number of amides is 1. The highest BCUT2D eigenvalue weighted by molar-refractivity contribution is 7.57.